The molecule has 2 unspecified atom stereocenters. The Bertz CT molecular complexity index is 643. The van der Waals surface area contributed by atoms with Crippen molar-refractivity contribution in [2.75, 3.05) is 39.8 Å². The lowest BCUT2D eigenvalue weighted by Gasteiger charge is -2.34. The zero-order valence-corrected chi connectivity index (χ0v) is 16.8. The summed E-state index contributed by atoms with van der Waals surface area (Å²) in [6, 6.07) is 0.120. The van der Waals surface area contributed by atoms with Crippen LogP contribution in [0.3, 0.4) is 0 Å². The molecule has 0 spiro atoms. The van der Waals surface area contributed by atoms with Crippen molar-refractivity contribution in [3.8, 4) is 0 Å². The number of hydrogen-bond acceptors (Lipinski definition) is 3. The van der Waals surface area contributed by atoms with Gasteiger partial charge in [0.1, 0.15) is 5.82 Å². The summed E-state index contributed by atoms with van der Waals surface area (Å²) in [7, 11) is 2.20. The fourth-order valence-corrected chi connectivity index (χ4v) is 5.16. The van der Waals surface area contributed by atoms with Gasteiger partial charge in [-0.2, -0.15) is 0 Å². The number of fused-ring (bicyclic) bond motifs is 1. The lowest BCUT2D eigenvalue weighted by atomic mass is 9.95. The molecule has 4 heterocycles. The molecule has 6 nitrogen and oxygen atoms in total. The number of aryl methyl sites for hydroxylation is 1. The highest BCUT2D eigenvalue weighted by molar-refractivity contribution is 5.74. The molecule has 0 aromatic carbocycles. The quantitative estimate of drug-likeness (QED) is 0.883. The molecular formula is C21H35N5O. The van der Waals surface area contributed by atoms with Crippen LogP contribution in [0.2, 0.25) is 0 Å². The topological polar surface area (TPSA) is 53.4 Å². The fourth-order valence-electron chi connectivity index (χ4n) is 5.16. The van der Waals surface area contributed by atoms with Crippen LogP contribution in [0, 0.1) is 5.92 Å². The summed E-state index contributed by atoms with van der Waals surface area (Å²) in [4.78, 5) is 21.9. The van der Waals surface area contributed by atoms with E-state index in [0.29, 0.717) is 5.92 Å². The molecule has 0 aliphatic carbocycles. The summed E-state index contributed by atoms with van der Waals surface area (Å²) < 4.78 is 2.43. The van der Waals surface area contributed by atoms with Gasteiger partial charge in [0.25, 0.3) is 0 Å². The molecule has 2 fully saturated rings. The third-order valence-corrected chi connectivity index (χ3v) is 6.66. The van der Waals surface area contributed by atoms with Crippen LogP contribution >= 0.6 is 0 Å². The number of aromatic nitrogens is 2. The zero-order valence-electron chi connectivity index (χ0n) is 16.8. The number of nitrogens with zero attached hydrogens (tertiary/aromatic N) is 4. The van der Waals surface area contributed by atoms with Gasteiger partial charge in [0.15, 0.2) is 0 Å². The van der Waals surface area contributed by atoms with Crippen LogP contribution in [-0.4, -0.2) is 65.2 Å². The minimum absolute atomic E-state index is 0.120. The molecule has 0 bridgehead atoms. The number of imidazole rings is 1. The highest BCUT2D eigenvalue weighted by atomic mass is 16.2. The molecular weight excluding hydrogens is 338 g/mol. The number of hydrogen-bond donors (Lipinski definition) is 1. The van der Waals surface area contributed by atoms with Crippen LogP contribution in [0.1, 0.15) is 62.4 Å². The number of carbonyl (C=O) groups is 1. The van der Waals surface area contributed by atoms with E-state index in [9.17, 15) is 4.79 Å². The van der Waals surface area contributed by atoms with Crippen LogP contribution in [0.4, 0.5) is 4.79 Å². The highest BCUT2D eigenvalue weighted by Crippen LogP contribution is 2.29. The van der Waals surface area contributed by atoms with E-state index in [1.54, 1.807) is 0 Å². The van der Waals surface area contributed by atoms with Gasteiger partial charge in [0.05, 0.1) is 0 Å². The summed E-state index contributed by atoms with van der Waals surface area (Å²) in [5, 5.41) is 3.18. The second-order valence-corrected chi connectivity index (χ2v) is 8.79. The first-order chi connectivity index (χ1) is 13.2. The molecule has 3 aliphatic heterocycles. The van der Waals surface area contributed by atoms with Gasteiger partial charge in [-0.3, -0.25) is 0 Å². The van der Waals surface area contributed by atoms with Gasteiger partial charge >= 0.3 is 6.03 Å². The summed E-state index contributed by atoms with van der Waals surface area (Å²) in [6.07, 6.45) is 11.7. The number of rotatable bonds is 4. The predicted octanol–water partition coefficient (Wildman–Crippen LogP) is 2.84. The Morgan fingerprint density at radius 3 is 2.93 bits per heavy atom. The molecule has 0 radical (unpaired) electrons. The van der Waals surface area contributed by atoms with Crippen molar-refractivity contribution in [2.45, 2.75) is 63.8 Å². The molecule has 3 aliphatic rings. The van der Waals surface area contributed by atoms with Crippen molar-refractivity contribution in [3.05, 3.63) is 17.7 Å². The van der Waals surface area contributed by atoms with Crippen molar-refractivity contribution < 1.29 is 4.79 Å². The van der Waals surface area contributed by atoms with E-state index in [0.717, 1.165) is 57.8 Å². The Kier molecular flexibility index (Phi) is 6.01. The van der Waals surface area contributed by atoms with E-state index in [2.05, 4.69) is 28.0 Å². The fraction of sp³-hybridized carbons (Fsp3) is 0.810. The molecule has 1 aromatic heterocycles. The average Bonchev–Trinajstić information content (AvgIpc) is 3.12. The molecule has 4 rings (SSSR count). The van der Waals surface area contributed by atoms with Gasteiger partial charge < -0.3 is 19.7 Å². The summed E-state index contributed by atoms with van der Waals surface area (Å²) in [6.45, 7) is 5.99. The maximum Gasteiger partial charge on any atom is 0.317 e. The number of piperidine rings is 2. The zero-order chi connectivity index (χ0) is 18.6. The first-order valence-electron chi connectivity index (χ1n) is 11.0. The molecule has 0 saturated carbocycles. The Hall–Kier alpha value is -1.56. The molecule has 6 heteroatoms. The maximum atomic E-state index is 12.7. The Labute approximate surface area is 163 Å². The van der Waals surface area contributed by atoms with Gasteiger partial charge in [-0.1, -0.05) is 0 Å². The van der Waals surface area contributed by atoms with Crippen molar-refractivity contribution in [1.29, 1.82) is 0 Å². The largest absolute Gasteiger partial charge is 0.338 e. The standard InChI is InChI=1S/C21H35N5O/c1-24-11-4-6-17(15-24)9-10-22-21(27)25-12-5-7-18(16-25)20-23-14-19-8-2-3-13-26(19)20/h14,17-18H,2-13,15-16H2,1H3,(H,22,27). The lowest BCUT2D eigenvalue weighted by molar-refractivity contribution is 0.173. The smallest absolute Gasteiger partial charge is 0.317 e. The van der Waals surface area contributed by atoms with Crippen LogP contribution in [0.5, 0.6) is 0 Å². The van der Waals surface area contributed by atoms with Crippen LogP contribution < -0.4 is 5.32 Å². The number of urea groups is 1. The van der Waals surface area contributed by atoms with E-state index >= 15 is 0 Å². The van der Waals surface area contributed by atoms with Gasteiger partial charge in [-0.25, -0.2) is 9.78 Å². The molecule has 2 saturated heterocycles. The monoisotopic (exact) mass is 373 g/mol. The molecule has 2 atom stereocenters. The number of amides is 2. The number of likely N-dealkylation sites (tertiary alicyclic amines) is 2. The second kappa shape index (κ2) is 8.63. The number of nitrogens with one attached hydrogen (secondary N) is 1. The number of carbonyl (C=O) groups excluding carboxylic acids is 1. The minimum Gasteiger partial charge on any atom is -0.338 e. The van der Waals surface area contributed by atoms with E-state index in [1.807, 2.05) is 4.90 Å². The summed E-state index contributed by atoms with van der Waals surface area (Å²) in [5.41, 5.74) is 1.38. The van der Waals surface area contributed by atoms with Gasteiger partial charge in [-0.05, 0) is 70.9 Å². The van der Waals surface area contributed by atoms with Crippen molar-refractivity contribution in [3.63, 3.8) is 0 Å². The third kappa shape index (κ3) is 4.48. The highest BCUT2D eigenvalue weighted by Gasteiger charge is 2.29. The molecule has 1 aromatic rings. The normalized spacial score (nSPS) is 26.6. The van der Waals surface area contributed by atoms with E-state index in [4.69, 9.17) is 4.98 Å². The molecule has 150 valence electrons. The Morgan fingerprint density at radius 2 is 2.04 bits per heavy atom. The van der Waals surface area contributed by atoms with Crippen LogP contribution in [0.15, 0.2) is 6.20 Å². The Morgan fingerprint density at radius 1 is 1.15 bits per heavy atom. The first kappa shape index (κ1) is 18.8. The average molecular weight is 374 g/mol. The van der Waals surface area contributed by atoms with E-state index in [-0.39, 0.29) is 6.03 Å². The second-order valence-electron chi connectivity index (χ2n) is 8.79. The van der Waals surface area contributed by atoms with Gasteiger partial charge in [0, 0.05) is 50.5 Å². The van der Waals surface area contributed by atoms with E-state index < -0.39 is 0 Å². The molecule has 1 N–H and O–H groups in total. The predicted molar refractivity (Wildman–Crippen MR) is 107 cm³/mol. The van der Waals surface area contributed by atoms with Gasteiger partial charge in [-0.15, -0.1) is 0 Å². The Balaban J connectivity index is 1.27. The lowest BCUT2D eigenvalue weighted by Crippen LogP contribution is -2.46. The van der Waals surface area contributed by atoms with Crippen LogP contribution in [-0.2, 0) is 13.0 Å². The maximum absolute atomic E-state index is 12.7. The van der Waals surface area contributed by atoms with Crippen molar-refractivity contribution in [2.24, 2.45) is 5.92 Å². The third-order valence-electron chi connectivity index (χ3n) is 6.66. The van der Waals surface area contributed by atoms with Crippen molar-refractivity contribution >= 4 is 6.03 Å². The van der Waals surface area contributed by atoms with Crippen LogP contribution in [0.25, 0.3) is 0 Å². The molecule has 2 amide bonds. The summed E-state index contributed by atoms with van der Waals surface area (Å²) in [5.74, 6) is 2.34. The van der Waals surface area contributed by atoms with Crippen molar-refractivity contribution in [1.82, 2.24) is 24.7 Å². The van der Waals surface area contributed by atoms with E-state index in [1.165, 1.54) is 50.3 Å². The summed E-state index contributed by atoms with van der Waals surface area (Å²) >= 11 is 0. The van der Waals surface area contributed by atoms with Gasteiger partial charge in [0.2, 0.25) is 0 Å². The minimum atomic E-state index is 0.120. The molecule has 27 heavy (non-hydrogen) atoms. The SMILES string of the molecule is CN1CCCC(CCNC(=O)N2CCCC(c3ncc4n3CCCC4)C2)C1. The first-order valence-corrected chi connectivity index (χ1v) is 11.0.